The van der Waals surface area contributed by atoms with Gasteiger partial charge in [0.25, 0.3) is 0 Å². The molecule has 3 nitrogen and oxygen atoms in total. The summed E-state index contributed by atoms with van der Waals surface area (Å²) < 4.78 is 0. The van der Waals surface area contributed by atoms with Crippen molar-refractivity contribution in [2.75, 3.05) is 18.0 Å². The monoisotopic (exact) mass is 267 g/mol. The lowest BCUT2D eigenvalue weighted by Gasteiger charge is -2.23. The Morgan fingerprint density at radius 1 is 1.25 bits per heavy atom. The van der Waals surface area contributed by atoms with E-state index in [4.69, 9.17) is 10.5 Å². The van der Waals surface area contributed by atoms with E-state index >= 15 is 0 Å². The van der Waals surface area contributed by atoms with Crippen molar-refractivity contribution in [3.63, 3.8) is 0 Å². The van der Waals surface area contributed by atoms with Gasteiger partial charge in [0.05, 0.1) is 0 Å². The van der Waals surface area contributed by atoms with E-state index in [-0.39, 0.29) is 5.57 Å². The minimum absolute atomic E-state index is 0.138. The maximum atomic E-state index is 8.81. The lowest BCUT2D eigenvalue weighted by atomic mass is 10.0. The number of allylic oxidation sites excluding steroid dienone is 1. The molecule has 0 fully saturated rings. The van der Waals surface area contributed by atoms with Crippen LogP contribution >= 0.6 is 0 Å². The van der Waals surface area contributed by atoms with Crippen LogP contribution in [-0.4, -0.2) is 13.1 Å². The molecule has 0 heterocycles. The normalized spacial score (nSPS) is 9.45. The molecule has 20 heavy (non-hydrogen) atoms. The molecule has 0 unspecified atom stereocenters. The molecule has 0 saturated heterocycles. The Labute approximate surface area is 121 Å². The first kappa shape index (κ1) is 15.8. The van der Waals surface area contributed by atoms with Crippen molar-refractivity contribution in [1.29, 1.82) is 10.5 Å². The van der Waals surface area contributed by atoms with Crippen LogP contribution in [0.3, 0.4) is 0 Å². The minimum atomic E-state index is 0.138. The molecule has 0 aliphatic rings. The van der Waals surface area contributed by atoms with Crippen molar-refractivity contribution < 1.29 is 0 Å². The fourth-order valence-corrected chi connectivity index (χ4v) is 2.08. The zero-order valence-corrected chi connectivity index (χ0v) is 12.5. The van der Waals surface area contributed by atoms with E-state index in [0.717, 1.165) is 24.2 Å². The highest BCUT2D eigenvalue weighted by Crippen LogP contribution is 2.21. The molecule has 3 heteroatoms. The summed E-state index contributed by atoms with van der Waals surface area (Å²) in [6.45, 7) is 8.40. The van der Waals surface area contributed by atoms with E-state index < -0.39 is 0 Å². The highest BCUT2D eigenvalue weighted by atomic mass is 15.1. The SMILES string of the molecule is CCCCN(CC)c1ccc(C=C(C#N)C#N)c(C)c1. The first-order chi connectivity index (χ1) is 9.65. The van der Waals surface area contributed by atoms with Crippen LogP contribution < -0.4 is 4.90 Å². The number of nitrogens with zero attached hydrogens (tertiary/aromatic N) is 3. The van der Waals surface area contributed by atoms with Crippen LogP contribution in [0, 0.1) is 29.6 Å². The largest absolute Gasteiger partial charge is 0.372 e. The Morgan fingerprint density at radius 3 is 2.45 bits per heavy atom. The van der Waals surface area contributed by atoms with Crippen LogP contribution in [0.15, 0.2) is 23.8 Å². The molecule has 0 aromatic heterocycles. The molecule has 1 aromatic rings. The topological polar surface area (TPSA) is 50.8 Å². The molecule has 0 radical (unpaired) electrons. The Morgan fingerprint density at radius 2 is 1.95 bits per heavy atom. The smallest absolute Gasteiger partial charge is 0.130 e. The quantitative estimate of drug-likeness (QED) is 0.730. The third kappa shape index (κ3) is 4.14. The second kappa shape index (κ2) is 8.02. The highest BCUT2D eigenvalue weighted by Gasteiger charge is 2.06. The third-order valence-electron chi connectivity index (χ3n) is 3.32. The molecular formula is C17H21N3. The Balaban J connectivity index is 3.01. The van der Waals surface area contributed by atoms with Crippen LogP contribution in [0.4, 0.5) is 5.69 Å². The van der Waals surface area contributed by atoms with E-state index in [1.807, 2.05) is 25.1 Å². The maximum Gasteiger partial charge on any atom is 0.130 e. The number of benzene rings is 1. The van der Waals surface area contributed by atoms with Gasteiger partial charge in [-0.3, -0.25) is 0 Å². The number of anilines is 1. The number of aryl methyl sites for hydroxylation is 1. The predicted molar refractivity (Wildman–Crippen MR) is 83.2 cm³/mol. The number of hydrogen-bond acceptors (Lipinski definition) is 3. The van der Waals surface area contributed by atoms with Crippen LogP contribution in [-0.2, 0) is 0 Å². The molecule has 0 N–H and O–H groups in total. The van der Waals surface area contributed by atoms with Gasteiger partial charge in [0.2, 0.25) is 0 Å². The molecule has 0 saturated carbocycles. The van der Waals surface area contributed by atoms with Gasteiger partial charge in [-0.1, -0.05) is 19.4 Å². The standard InChI is InChI=1S/C17H21N3/c1-4-6-9-20(5-2)17-8-7-16(14(3)10-17)11-15(12-18)13-19/h7-8,10-11H,4-6,9H2,1-3H3. The fourth-order valence-electron chi connectivity index (χ4n) is 2.08. The van der Waals surface area contributed by atoms with Crippen molar-refractivity contribution in [1.82, 2.24) is 0 Å². The molecule has 0 bridgehead atoms. The molecule has 104 valence electrons. The third-order valence-corrected chi connectivity index (χ3v) is 3.32. The van der Waals surface area contributed by atoms with E-state index in [1.165, 1.54) is 18.5 Å². The first-order valence-corrected chi connectivity index (χ1v) is 7.03. The van der Waals surface area contributed by atoms with E-state index in [1.54, 1.807) is 6.08 Å². The number of nitriles is 2. The van der Waals surface area contributed by atoms with Crippen molar-refractivity contribution >= 4 is 11.8 Å². The van der Waals surface area contributed by atoms with Gasteiger partial charge in [0.15, 0.2) is 0 Å². The van der Waals surface area contributed by atoms with Crippen molar-refractivity contribution in [2.24, 2.45) is 0 Å². The fraction of sp³-hybridized carbons (Fsp3) is 0.412. The van der Waals surface area contributed by atoms with E-state index in [0.29, 0.717) is 0 Å². The zero-order valence-electron chi connectivity index (χ0n) is 12.5. The van der Waals surface area contributed by atoms with E-state index in [2.05, 4.69) is 30.9 Å². The Hall–Kier alpha value is -2.26. The summed E-state index contributed by atoms with van der Waals surface area (Å²) in [6.07, 6.45) is 4.01. The van der Waals surface area contributed by atoms with Crippen LogP contribution in [0.2, 0.25) is 0 Å². The summed E-state index contributed by atoms with van der Waals surface area (Å²) in [5.41, 5.74) is 3.35. The molecule has 0 aliphatic carbocycles. The molecule has 0 spiro atoms. The summed E-state index contributed by atoms with van der Waals surface area (Å²) in [5.74, 6) is 0. The van der Waals surface area contributed by atoms with Gasteiger partial charge in [-0.2, -0.15) is 10.5 Å². The maximum absolute atomic E-state index is 8.81. The summed E-state index contributed by atoms with van der Waals surface area (Å²) >= 11 is 0. The highest BCUT2D eigenvalue weighted by molar-refractivity contribution is 5.66. The molecule has 1 rings (SSSR count). The summed E-state index contributed by atoms with van der Waals surface area (Å²) in [4.78, 5) is 2.35. The second-order valence-corrected chi connectivity index (χ2v) is 4.76. The van der Waals surface area contributed by atoms with Gasteiger partial charge < -0.3 is 4.90 Å². The molecule has 0 atom stereocenters. The molecular weight excluding hydrogens is 246 g/mol. The lowest BCUT2D eigenvalue weighted by molar-refractivity contribution is 0.732. The minimum Gasteiger partial charge on any atom is -0.372 e. The van der Waals surface area contributed by atoms with Crippen molar-refractivity contribution in [3.8, 4) is 12.1 Å². The van der Waals surface area contributed by atoms with Crippen molar-refractivity contribution in [3.05, 3.63) is 34.9 Å². The number of unbranched alkanes of at least 4 members (excludes halogenated alkanes) is 1. The van der Waals surface area contributed by atoms with Crippen LogP contribution in [0.5, 0.6) is 0 Å². The van der Waals surface area contributed by atoms with E-state index in [9.17, 15) is 0 Å². The number of rotatable bonds is 6. The average Bonchev–Trinajstić information content (AvgIpc) is 2.47. The first-order valence-electron chi connectivity index (χ1n) is 7.03. The van der Waals surface area contributed by atoms with Gasteiger partial charge in [-0.15, -0.1) is 0 Å². The zero-order chi connectivity index (χ0) is 15.0. The molecule has 0 aliphatic heterocycles. The van der Waals surface area contributed by atoms with Gasteiger partial charge in [0, 0.05) is 18.8 Å². The summed E-state index contributed by atoms with van der Waals surface area (Å²) in [6, 6.07) is 9.95. The van der Waals surface area contributed by atoms with Crippen molar-refractivity contribution in [2.45, 2.75) is 33.6 Å². The summed E-state index contributed by atoms with van der Waals surface area (Å²) in [7, 11) is 0. The molecule has 1 aromatic carbocycles. The van der Waals surface area contributed by atoms with Gasteiger partial charge in [-0.25, -0.2) is 0 Å². The Bertz CT molecular complexity index is 543. The Kier molecular flexibility index (Phi) is 6.33. The van der Waals surface area contributed by atoms with Gasteiger partial charge in [-0.05, 0) is 49.6 Å². The average molecular weight is 267 g/mol. The summed E-state index contributed by atoms with van der Waals surface area (Å²) in [5, 5.41) is 17.6. The molecule has 0 amide bonds. The van der Waals surface area contributed by atoms with Gasteiger partial charge in [0.1, 0.15) is 17.7 Å². The lowest BCUT2D eigenvalue weighted by Crippen LogP contribution is -2.23. The van der Waals surface area contributed by atoms with Crippen LogP contribution in [0.25, 0.3) is 6.08 Å². The second-order valence-electron chi connectivity index (χ2n) is 4.76. The predicted octanol–water partition coefficient (Wildman–Crippen LogP) is 4.05. The number of hydrogen-bond donors (Lipinski definition) is 0. The van der Waals surface area contributed by atoms with Crippen LogP contribution in [0.1, 0.15) is 37.8 Å². The van der Waals surface area contributed by atoms with Gasteiger partial charge >= 0.3 is 0 Å².